The van der Waals surface area contributed by atoms with Gasteiger partial charge in [-0.05, 0) is 74.5 Å². The van der Waals surface area contributed by atoms with Gasteiger partial charge < -0.3 is 24.0 Å². The number of anilines is 1. The lowest BCUT2D eigenvalue weighted by Gasteiger charge is -2.42. The second-order valence-electron chi connectivity index (χ2n) is 13.2. The first-order chi connectivity index (χ1) is 19.5. The molecule has 1 aromatic carbocycles. The Morgan fingerprint density at radius 3 is 2.61 bits per heavy atom. The standard InChI is InChI=1S/C29H36BrF2N5O4/c1-28(2,3)41-27(38)35-11-17-5-6-18(12-35)37(17)25-21-19-13-39-14-20(19)22(30)23(32)24(21)33-26(34-25)40-15-29-7-4-8-36(29)10-16(31)9-29/h16-18H,4-15H2,1-3H3/t16-,17?,18?,29+/m1/s1. The van der Waals surface area contributed by atoms with Crippen molar-refractivity contribution in [1.29, 1.82) is 0 Å². The predicted octanol–water partition coefficient (Wildman–Crippen LogP) is 5.10. The summed E-state index contributed by atoms with van der Waals surface area (Å²) in [7, 11) is 0. The zero-order chi connectivity index (χ0) is 28.7. The van der Waals surface area contributed by atoms with Crippen LogP contribution < -0.4 is 9.64 Å². The fraction of sp³-hybridized carbons (Fsp3) is 0.690. The molecule has 7 rings (SSSR count). The highest BCUT2D eigenvalue weighted by molar-refractivity contribution is 9.10. The fourth-order valence-electron chi connectivity index (χ4n) is 7.57. The minimum absolute atomic E-state index is 0.0112. The first-order valence-electron chi connectivity index (χ1n) is 14.6. The van der Waals surface area contributed by atoms with Crippen LogP contribution in [-0.4, -0.2) is 88.0 Å². The molecule has 2 unspecified atom stereocenters. The number of likely N-dealkylation sites (tertiary alicyclic amines) is 1. The number of carbonyl (C=O) groups is 1. The number of carbonyl (C=O) groups excluding carboxylic acids is 1. The Morgan fingerprint density at radius 1 is 1.15 bits per heavy atom. The van der Waals surface area contributed by atoms with Crippen molar-refractivity contribution in [3.63, 3.8) is 0 Å². The Morgan fingerprint density at radius 2 is 1.88 bits per heavy atom. The van der Waals surface area contributed by atoms with Crippen molar-refractivity contribution in [2.45, 2.75) is 95.5 Å². The molecule has 0 aliphatic carbocycles. The second-order valence-corrected chi connectivity index (χ2v) is 14.0. The van der Waals surface area contributed by atoms with Gasteiger partial charge in [0.1, 0.15) is 29.7 Å². The third kappa shape index (κ3) is 4.64. The summed E-state index contributed by atoms with van der Waals surface area (Å²) < 4.78 is 48.3. The minimum atomic E-state index is -0.875. The first kappa shape index (κ1) is 27.5. The van der Waals surface area contributed by atoms with Gasteiger partial charge in [0.15, 0.2) is 5.82 Å². The smallest absolute Gasteiger partial charge is 0.410 e. The highest BCUT2D eigenvalue weighted by atomic mass is 79.9. The molecule has 4 atom stereocenters. The molecule has 4 saturated heterocycles. The summed E-state index contributed by atoms with van der Waals surface area (Å²) in [5.41, 5.74) is 0.879. The Bertz CT molecular complexity index is 1390. The van der Waals surface area contributed by atoms with Crippen LogP contribution in [0, 0.1) is 5.82 Å². The first-order valence-corrected chi connectivity index (χ1v) is 15.4. The highest BCUT2D eigenvalue weighted by Crippen LogP contribution is 2.45. The van der Waals surface area contributed by atoms with E-state index in [9.17, 15) is 9.18 Å². The van der Waals surface area contributed by atoms with Crippen LogP contribution in [0.15, 0.2) is 4.47 Å². The maximum absolute atomic E-state index is 15.9. The molecule has 1 amide bonds. The van der Waals surface area contributed by atoms with E-state index >= 15 is 4.39 Å². The van der Waals surface area contributed by atoms with Crippen molar-refractivity contribution in [1.82, 2.24) is 19.8 Å². The number of piperazine rings is 1. The lowest BCUT2D eigenvalue weighted by atomic mass is 9.95. The van der Waals surface area contributed by atoms with E-state index in [1.807, 2.05) is 20.8 Å². The molecule has 5 aliphatic heterocycles. The summed E-state index contributed by atoms with van der Waals surface area (Å²) in [6.45, 7) is 8.75. The van der Waals surface area contributed by atoms with E-state index in [0.717, 1.165) is 43.4 Å². The molecule has 4 fully saturated rings. The summed E-state index contributed by atoms with van der Waals surface area (Å²) >= 11 is 3.44. The van der Waals surface area contributed by atoms with Crippen LogP contribution in [0.1, 0.15) is 64.0 Å². The Balaban J connectivity index is 1.27. The van der Waals surface area contributed by atoms with E-state index in [2.05, 4.69) is 30.7 Å². The third-order valence-corrected chi connectivity index (χ3v) is 10.1. The van der Waals surface area contributed by atoms with Crippen molar-refractivity contribution < 1.29 is 27.8 Å². The maximum atomic E-state index is 15.9. The van der Waals surface area contributed by atoms with Gasteiger partial charge in [-0.15, -0.1) is 0 Å². The molecule has 2 bridgehead atoms. The number of aromatic nitrogens is 2. The van der Waals surface area contributed by atoms with Crippen LogP contribution in [0.4, 0.5) is 19.4 Å². The SMILES string of the molecule is CC(C)(C)OC(=O)N1CC2CCC(C1)N2c1nc(OC[C@@]23CCCN2C[C@H](F)C3)nc2c(F)c(Br)c3c(c12)COC3. The number of alkyl halides is 1. The van der Waals surface area contributed by atoms with Gasteiger partial charge in [-0.3, -0.25) is 4.90 Å². The van der Waals surface area contributed by atoms with Gasteiger partial charge in [0.2, 0.25) is 0 Å². The summed E-state index contributed by atoms with van der Waals surface area (Å²) in [6, 6.07) is 0.0700. The normalized spacial score (nSPS) is 29.4. The fourth-order valence-corrected chi connectivity index (χ4v) is 8.12. The number of ether oxygens (including phenoxy) is 3. The topological polar surface area (TPSA) is 80.3 Å². The van der Waals surface area contributed by atoms with E-state index in [4.69, 9.17) is 19.2 Å². The number of hydrogen-bond donors (Lipinski definition) is 0. The van der Waals surface area contributed by atoms with Crippen LogP contribution >= 0.6 is 15.9 Å². The van der Waals surface area contributed by atoms with Crippen LogP contribution in [0.3, 0.4) is 0 Å². The number of fused-ring (bicyclic) bond motifs is 6. The van der Waals surface area contributed by atoms with Crippen LogP contribution in [0.5, 0.6) is 6.01 Å². The average molecular weight is 637 g/mol. The molecule has 12 heteroatoms. The van der Waals surface area contributed by atoms with Crippen molar-refractivity contribution in [2.24, 2.45) is 0 Å². The van der Waals surface area contributed by atoms with Gasteiger partial charge in [-0.2, -0.15) is 9.97 Å². The molecular formula is C29H36BrF2N5O4. The molecular weight excluding hydrogens is 600 g/mol. The zero-order valence-electron chi connectivity index (χ0n) is 23.7. The molecule has 2 aromatic rings. The summed E-state index contributed by atoms with van der Waals surface area (Å²) in [5, 5.41) is 0.638. The summed E-state index contributed by atoms with van der Waals surface area (Å²) in [5.74, 6) is 0.146. The molecule has 41 heavy (non-hydrogen) atoms. The summed E-state index contributed by atoms with van der Waals surface area (Å²) in [4.78, 5) is 28.7. The third-order valence-electron chi connectivity index (χ3n) is 9.30. The average Bonchev–Trinajstić information content (AvgIpc) is 3.66. The molecule has 0 radical (unpaired) electrons. The second kappa shape index (κ2) is 9.87. The quantitative estimate of drug-likeness (QED) is 0.459. The molecule has 6 heterocycles. The van der Waals surface area contributed by atoms with Crippen LogP contribution in [0.25, 0.3) is 10.9 Å². The number of benzene rings is 1. The van der Waals surface area contributed by atoms with E-state index in [0.29, 0.717) is 54.9 Å². The van der Waals surface area contributed by atoms with E-state index in [-0.39, 0.29) is 41.8 Å². The van der Waals surface area contributed by atoms with Crippen molar-refractivity contribution >= 4 is 38.7 Å². The molecule has 0 saturated carbocycles. The van der Waals surface area contributed by atoms with Gasteiger partial charge in [0, 0.05) is 43.7 Å². The number of amides is 1. The van der Waals surface area contributed by atoms with Crippen molar-refractivity contribution in [3.8, 4) is 6.01 Å². The predicted molar refractivity (Wildman–Crippen MR) is 151 cm³/mol. The zero-order valence-corrected chi connectivity index (χ0v) is 25.3. The maximum Gasteiger partial charge on any atom is 0.410 e. The number of rotatable bonds is 4. The molecule has 222 valence electrons. The number of halogens is 3. The van der Waals surface area contributed by atoms with Gasteiger partial charge in [-0.25, -0.2) is 13.6 Å². The van der Waals surface area contributed by atoms with Gasteiger partial charge in [-0.1, -0.05) is 0 Å². The Labute approximate surface area is 246 Å². The Hall–Kier alpha value is -2.31. The highest BCUT2D eigenvalue weighted by Gasteiger charge is 2.50. The molecule has 5 aliphatic rings. The molecule has 9 nitrogen and oxygen atoms in total. The molecule has 0 N–H and O–H groups in total. The van der Waals surface area contributed by atoms with Gasteiger partial charge in [0.05, 0.1) is 28.6 Å². The van der Waals surface area contributed by atoms with Crippen LogP contribution in [-0.2, 0) is 22.7 Å². The van der Waals surface area contributed by atoms with E-state index in [1.165, 1.54) is 0 Å². The van der Waals surface area contributed by atoms with Crippen molar-refractivity contribution in [3.05, 3.63) is 21.4 Å². The van der Waals surface area contributed by atoms with E-state index in [1.54, 1.807) is 4.90 Å². The molecule has 0 spiro atoms. The summed E-state index contributed by atoms with van der Waals surface area (Å²) in [6.07, 6.45) is 2.83. The largest absolute Gasteiger partial charge is 0.461 e. The monoisotopic (exact) mass is 635 g/mol. The van der Waals surface area contributed by atoms with Gasteiger partial charge in [0.25, 0.3) is 0 Å². The lowest BCUT2D eigenvalue weighted by molar-refractivity contribution is 0.0209. The number of hydrogen-bond acceptors (Lipinski definition) is 8. The number of nitrogens with zero attached hydrogens (tertiary/aromatic N) is 5. The minimum Gasteiger partial charge on any atom is -0.461 e. The Kier molecular flexibility index (Phi) is 6.63. The van der Waals surface area contributed by atoms with E-state index < -0.39 is 17.6 Å². The van der Waals surface area contributed by atoms with Crippen molar-refractivity contribution in [2.75, 3.05) is 37.7 Å². The van der Waals surface area contributed by atoms with Crippen LogP contribution in [0.2, 0.25) is 0 Å². The molecule has 1 aromatic heterocycles. The van der Waals surface area contributed by atoms with Gasteiger partial charge >= 0.3 is 12.1 Å². The lowest BCUT2D eigenvalue weighted by Crippen LogP contribution is -2.56.